The van der Waals surface area contributed by atoms with Gasteiger partial charge in [-0.3, -0.25) is 14.9 Å². The number of carbonyl (C=O) groups excluding carboxylic acids is 1. The molecule has 5 nitrogen and oxygen atoms in total. The molecule has 0 rings (SSSR count). The summed E-state index contributed by atoms with van der Waals surface area (Å²) in [4.78, 5) is 19.8. The monoisotopic (exact) mass is 195 g/mol. The van der Waals surface area contributed by atoms with Gasteiger partial charge in [-0.15, -0.1) is 0 Å². The Labute approximate surface area is 71.4 Å². The lowest BCUT2D eigenvalue weighted by atomic mass is 10.4. The Hall–Kier alpha value is -0.380. The fourth-order valence-corrected chi connectivity index (χ4v) is 0.845. The second-order valence-electron chi connectivity index (χ2n) is 2.83. The molecule has 0 aliphatic rings. The van der Waals surface area contributed by atoms with Crippen LogP contribution >= 0.6 is 7.52 Å². The number of esters is 1. The summed E-state index contributed by atoms with van der Waals surface area (Å²) >= 11 is 0. The third-order valence-corrected chi connectivity index (χ3v) is 2.57. The number of rotatable bonds is 3. The highest BCUT2D eigenvalue weighted by molar-refractivity contribution is 7.57. The maximum absolute atomic E-state index is 11.0. The van der Waals surface area contributed by atoms with Gasteiger partial charge in [-0.2, -0.15) is 0 Å². The van der Waals surface area contributed by atoms with Crippen molar-refractivity contribution in [3.8, 4) is 0 Å². The van der Waals surface area contributed by atoms with Gasteiger partial charge in [0.25, 0.3) is 7.52 Å². The molecule has 0 amide bonds. The molecule has 0 aromatic heterocycles. The number of hydrogen-bond donors (Lipinski definition) is 2. The van der Waals surface area contributed by atoms with E-state index in [4.69, 9.17) is 10.4 Å². The van der Waals surface area contributed by atoms with Crippen molar-refractivity contribution in [2.24, 2.45) is 5.50 Å². The fourth-order valence-electron chi connectivity index (χ4n) is 0.482. The minimum absolute atomic E-state index is 0.300. The molecule has 0 saturated carbocycles. The zero-order valence-corrected chi connectivity index (χ0v) is 8.25. The van der Waals surface area contributed by atoms with Crippen molar-refractivity contribution in [3.63, 3.8) is 0 Å². The maximum atomic E-state index is 11.0. The first-order valence-corrected chi connectivity index (χ1v) is 5.36. The molecule has 0 saturated heterocycles. The van der Waals surface area contributed by atoms with E-state index in [-0.39, 0.29) is 6.10 Å². The van der Waals surface area contributed by atoms with Crippen LogP contribution in [0.15, 0.2) is 0 Å². The van der Waals surface area contributed by atoms with Gasteiger partial charge in [0.05, 0.1) is 6.10 Å². The van der Waals surface area contributed by atoms with Crippen LogP contribution in [0.25, 0.3) is 0 Å². The predicted octanol–water partition coefficient (Wildman–Crippen LogP) is 0.471. The summed E-state index contributed by atoms with van der Waals surface area (Å²) in [7, 11) is -3.84. The lowest BCUT2D eigenvalue weighted by Crippen LogP contribution is -2.25. The topological polar surface area (TPSA) is 89.6 Å². The second kappa shape index (κ2) is 4.03. The molecule has 0 aliphatic carbocycles. The first-order valence-electron chi connectivity index (χ1n) is 3.56. The molecule has 0 heterocycles. The molecule has 0 bridgehead atoms. The Bertz CT molecular complexity index is 210. The van der Waals surface area contributed by atoms with Crippen LogP contribution in [0, 0.1) is 0 Å². The lowest BCUT2D eigenvalue weighted by molar-refractivity contribution is -0.146. The molecule has 0 aliphatic heterocycles. The highest BCUT2D eigenvalue weighted by Crippen LogP contribution is 2.37. The van der Waals surface area contributed by atoms with Gasteiger partial charge in [0.1, 0.15) is 5.66 Å². The predicted molar refractivity (Wildman–Crippen MR) is 44.7 cm³/mol. The molecule has 12 heavy (non-hydrogen) atoms. The van der Waals surface area contributed by atoms with E-state index >= 15 is 0 Å². The lowest BCUT2D eigenvalue weighted by Gasteiger charge is -2.15. The van der Waals surface area contributed by atoms with Crippen molar-refractivity contribution in [2.45, 2.75) is 32.5 Å². The van der Waals surface area contributed by atoms with Crippen LogP contribution in [0.3, 0.4) is 0 Å². The average Bonchev–Trinajstić information content (AvgIpc) is 1.82. The van der Waals surface area contributed by atoms with E-state index in [9.17, 15) is 9.36 Å². The Morgan fingerprint density at radius 2 is 1.92 bits per heavy atom. The smallest absolute Gasteiger partial charge is 0.320 e. The van der Waals surface area contributed by atoms with Gasteiger partial charge >= 0.3 is 5.97 Å². The summed E-state index contributed by atoms with van der Waals surface area (Å²) in [6, 6.07) is 0. The maximum Gasteiger partial charge on any atom is 0.320 e. The molecule has 2 atom stereocenters. The summed E-state index contributed by atoms with van der Waals surface area (Å²) in [5.41, 5.74) is 3.71. The largest absolute Gasteiger partial charge is 0.462 e. The number of hydrogen-bond acceptors (Lipinski definition) is 3. The average molecular weight is 195 g/mol. The van der Waals surface area contributed by atoms with E-state index in [1.807, 2.05) is 0 Å². The third kappa shape index (κ3) is 3.85. The van der Waals surface area contributed by atoms with Gasteiger partial charge < -0.3 is 9.63 Å². The molecule has 0 aromatic rings. The SMILES string of the molecule is CC(C)OC(=O)[C@H](C)P(N)(=O)O. The van der Waals surface area contributed by atoms with Crippen molar-refractivity contribution in [2.75, 3.05) is 0 Å². The molecule has 72 valence electrons. The van der Waals surface area contributed by atoms with Gasteiger partial charge in [-0.25, -0.2) is 0 Å². The van der Waals surface area contributed by atoms with Gasteiger partial charge in [0.2, 0.25) is 0 Å². The highest BCUT2D eigenvalue weighted by Gasteiger charge is 2.30. The van der Waals surface area contributed by atoms with Crippen LogP contribution < -0.4 is 5.50 Å². The van der Waals surface area contributed by atoms with Crippen molar-refractivity contribution < 1.29 is 19.0 Å². The Balaban J connectivity index is 4.22. The van der Waals surface area contributed by atoms with Crippen LogP contribution in [0.2, 0.25) is 0 Å². The summed E-state index contributed by atoms with van der Waals surface area (Å²) < 4.78 is 15.5. The van der Waals surface area contributed by atoms with Crippen molar-refractivity contribution in [1.29, 1.82) is 0 Å². The van der Waals surface area contributed by atoms with Crippen LogP contribution in [0.5, 0.6) is 0 Å². The molecule has 0 radical (unpaired) electrons. The molecule has 3 N–H and O–H groups in total. The normalized spacial score (nSPS) is 18.5. The van der Waals surface area contributed by atoms with E-state index in [1.165, 1.54) is 6.92 Å². The summed E-state index contributed by atoms with van der Waals surface area (Å²) in [5, 5.41) is 0. The number of nitrogens with two attached hydrogens (primary N) is 1. The highest BCUT2D eigenvalue weighted by atomic mass is 31.2. The molecule has 0 spiro atoms. The number of ether oxygens (including phenoxy) is 1. The van der Waals surface area contributed by atoms with Crippen LogP contribution in [0.1, 0.15) is 20.8 Å². The fraction of sp³-hybridized carbons (Fsp3) is 0.833. The molecule has 0 fully saturated rings. The van der Waals surface area contributed by atoms with E-state index in [1.54, 1.807) is 13.8 Å². The van der Waals surface area contributed by atoms with E-state index in [2.05, 4.69) is 4.74 Å². The molecular weight excluding hydrogens is 181 g/mol. The summed E-state index contributed by atoms with van der Waals surface area (Å²) in [5.74, 6) is -0.738. The first-order chi connectivity index (χ1) is 5.25. The van der Waals surface area contributed by atoms with Gasteiger partial charge in [0.15, 0.2) is 0 Å². The standard InChI is InChI=1S/C6H14NO4P/c1-4(2)11-6(8)5(3)12(7,9)10/h4-5H,1-3H3,(H3,7,9,10)/t5-/m0/s1. The van der Waals surface area contributed by atoms with E-state index in [0.29, 0.717) is 0 Å². The minimum Gasteiger partial charge on any atom is -0.462 e. The minimum atomic E-state index is -3.84. The zero-order valence-electron chi connectivity index (χ0n) is 7.35. The van der Waals surface area contributed by atoms with E-state index < -0.39 is 19.1 Å². The third-order valence-electron chi connectivity index (χ3n) is 1.25. The quantitative estimate of drug-likeness (QED) is 0.504. The Kier molecular flexibility index (Phi) is 3.90. The zero-order chi connectivity index (χ0) is 9.94. The molecule has 0 aromatic carbocycles. The van der Waals surface area contributed by atoms with Crippen molar-refractivity contribution in [3.05, 3.63) is 0 Å². The van der Waals surface area contributed by atoms with Gasteiger partial charge in [-0.05, 0) is 20.8 Å². The van der Waals surface area contributed by atoms with Crippen LogP contribution in [-0.4, -0.2) is 22.6 Å². The van der Waals surface area contributed by atoms with Crippen LogP contribution in [-0.2, 0) is 14.1 Å². The first kappa shape index (κ1) is 11.6. The second-order valence-corrected chi connectivity index (χ2v) is 4.95. The van der Waals surface area contributed by atoms with Crippen molar-refractivity contribution in [1.82, 2.24) is 0 Å². The Morgan fingerprint density at radius 3 is 2.17 bits per heavy atom. The van der Waals surface area contributed by atoms with Gasteiger partial charge in [0, 0.05) is 0 Å². The summed E-state index contributed by atoms with van der Waals surface area (Å²) in [6.07, 6.45) is -0.300. The molecule has 6 heteroatoms. The molecule has 1 unspecified atom stereocenters. The number of carbonyl (C=O) groups is 1. The van der Waals surface area contributed by atoms with E-state index in [0.717, 1.165) is 0 Å². The van der Waals surface area contributed by atoms with Crippen LogP contribution in [0.4, 0.5) is 0 Å². The Morgan fingerprint density at radius 1 is 1.50 bits per heavy atom. The van der Waals surface area contributed by atoms with Gasteiger partial charge in [-0.1, -0.05) is 0 Å². The van der Waals surface area contributed by atoms with Crippen molar-refractivity contribution >= 4 is 13.5 Å². The molecular formula is C6H14NO4P. The summed E-state index contributed by atoms with van der Waals surface area (Å²) in [6.45, 7) is 4.58.